The normalized spacial score (nSPS) is 14.4. The van der Waals surface area contributed by atoms with E-state index in [1.165, 1.54) is 17.0 Å². The number of non-ortho nitro benzene ring substituents is 1. The smallest absolute Gasteiger partial charge is 0.293 e. The van der Waals surface area contributed by atoms with Crippen LogP contribution in [0.4, 0.5) is 10.5 Å². The Labute approximate surface area is 216 Å². The number of carbonyl (C=O) groups is 2. The molecule has 10 heteroatoms. The van der Waals surface area contributed by atoms with Gasteiger partial charge in [0.15, 0.2) is 11.5 Å². The minimum absolute atomic E-state index is 0.0125. The van der Waals surface area contributed by atoms with E-state index in [-0.39, 0.29) is 30.0 Å². The Bertz CT molecular complexity index is 1340. The number of nitro groups is 1. The molecule has 0 aliphatic carbocycles. The van der Waals surface area contributed by atoms with Crippen LogP contribution in [0, 0.1) is 10.1 Å². The number of amides is 2. The van der Waals surface area contributed by atoms with Gasteiger partial charge in [0.25, 0.3) is 16.8 Å². The van der Waals surface area contributed by atoms with E-state index < -0.39 is 4.92 Å². The fraction of sp³-hybridized carbons (Fsp3) is 0.154. The van der Waals surface area contributed by atoms with E-state index in [2.05, 4.69) is 0 Å². The summed E-state index contributed by atoms with van der Waals surface area (Å²) in [4.78, 5) is 37.4. The molecule has 1 aliphatic rings. The van der Waals surface area contributed by atoms with Crippen LogP contribution in [0.3, 0.4) is 0 Å². The number of benzene rings is 3. The molecular weight excluding hydrogens is 504 g/mol. The first-order valence-electron chi connectivity index (χ1n) is 11.0. The highest BCUT2D eigenvalue weighted by atomic mass is 35.5. The Morgan fingerprint density at radius 2 is 1.78 bits per heavy atom. The van der Waals surface area contributed by atoms with E-state index in [4.69, 9.17) is 21.1 Å². The molecule has 8 nitrogen and oxygen atoms in total. The van der Waals surface area contributed by atoms with E-state index in [1.54, 1.807) is 60.7 Å². The Kier molecular flexibility index (Phi) is 7.92. The lowest BCUT2D eigenvalue weighted by Crippen LogP contribution is -2.27. The van der Waals surface area contributed by atoms with Crippen LogP contribution in [0.2, 0.25) is 5.02 Å². The SMILES string of the molecule is CCOc1cc(/C=C2/SC(=O)N(Cc3ccc(Cl)cc3)C2=O)ccc1OCc1cccc([N+](=O)[O-])c1. The Morgan fingerprint density at radius 3 is 2.50 bits per heavy atom. The van der Waals surface area contributed by atoms with Gasteiger partial charge >= 0.3 is 0 Å². The van der Waals surface area contributed by atoms with Crippen molar-refractivity contribution in [1.29, 1.82) is 0 Å². The average molecular weight is 525 g/mol. The monoisotopic (exact) mass is 524 g/mol. The fourth-order valence-electron chi connectivity index (χ4n) is 3.48. The highest BCUT2D eigenvalue weighted by Crippen LogP contribution is 2.35. The summed E-state index contributed by atoms with van der Waals surface area (Å²) in [5.74, 6) is 0.539. The molecule has 0 atom stereocenters. The molecule has 0 aromatic heterocycles. The van der Waals surface area contributed by atoms with Crippen LogP contribution in [-0.4, -0.2) is 27.6 Å². The van der Waals surface area contributed by atoms with Crippen LogP contribution in [0.1, 0.15) is 23.6 Å². The molecule has 1 fully saturated rings. The number of hydrogen-bond donors (Lipinski definition) is 0. The summed E-state index contributed by atoms with van der Waals surface area (Å²) >= 11 is 6.79. The third-order valence-electron chi connectivity index (χ3n) is 5.21. The standard InChI is InChI=1S/C26H21ClN2O6S/c1-2-34-23-13-18(8-11-22(23)35-16-19-4-3-5-21(12-19)29(32)33)14-24-25(30)28(26(31)36-24)15-17-6-9-20(27)10-7-17/h3-14H,2,15-16H2,1H3/b24-14+. The van der Waals surface area contributed by atoms with Gasteiger partial charge in [-0.3, -0.25) is 24.6 Å². The van der Waals surface area contributed by atoms with Gasteiger partial charge in [-0.2, -0.15) is 0 Å². The molecule has 36 heavy (non-hydrogen) atoms. The molecule has 0 radical (unpaired) electrons. The first-order chi connectivity index (χ1) is 17.3. The van der Waals surface area contributed by atoms with Crippen molar-refractivity contribution in [2.75, 3.05) is 6.61 Å². The fourth-order valence-corrected chi connectivity index (χ4v) is 4.45. The molecule has 1 aliphatic heterocycles. The summed E-state index contributed by atoms with van der Waals surface area (Å²) in [7, 11) is 0. The highest BCUT2D eigenvalue weighted by molar-refractivity contribution is 8.18. The summed E-state index contributed by atoms with van der Waals surface area (Å²) in [6.45, 7) is 2.49. The maximum Gasteiger partial charge on any atom is 0.293 e. The zero-order chi connectivity index (χ0) is 25.7. The van der Waals surface area contributed by atoms with Crippen molar-refractivity contribution in [2.24, 2.45) is 0 Å². The molecule has 1 saturated heterocycles. The summed E-state index contributed by atoms with van der Waals surface area (Å²) < 4.78 is 11.6. The lowest BCUT2D eigenvalue weighted by molar-refractivity contribution is -0.384. The van der Waals surface area contributed by atoms with Crippen molar-refractivity contribution in [2.45, 2.75) is 20.1 Å². The lowest BCUT2D eigenvalue weighted by atomic mass is 10.1. The van der Waals surface area contributed by atoms with Crippen molar-refractivity contribution in [3.05, 3.63) is 103 Å². The van der Waals surface area contributed by atoms with Crippen LogP contribution in [-0.2, 0) is 17.9 Å². The summed E-state index contributed by atoms with van der Waals surface area (Å²) in [6.07, 6.45) is 1.64. The molecule has 4 rings (SSSR count). The Hall–Kier alpha value is -3.82. The summed E-state index contributed by atoms with van der Waals surface area (Å²) in [6, 6.07) is 18.4. The van der Waals surface area contributed by atoms with Crippen molar-refractivity contribution >= 4 is 46.3 Å². The molecule has 184 valence electrons. The molecule has 2 amide bonds. The van der Waals surface area contributed by atoms with Crippen molar-refractivity contribution in [1.82, 2.24) is 4.90 Å². The Balaban J connectivity index is 1.49. The molecule has 0 saturated carbocycles. The van der Waals surface area contributed by atoms with E-state index in [1.807, 2.05) is 6.92 Å². The second-order valence-electron chi connectivity index (χ2n) is 7.75. The maximum absolute atomic E-state index is 12.9. The molecule has 3 aromatic carbocycles. The topological polar surface area (TPSA) is 99.0 Å². The van der Waals surface area contributed by atoms with Gasteiger partial charge in [-0.15, -0.1) is 0 Å². The van der Waals surface area contributed by atoms with Gasteiger partial charge in [0.05, 0.1) is 23.0 Å². The number of hydrogen-bond acceptors (Lipinski definition) is 7. The summed E-state index contributed by atoms with van der Waals surface area (Å²) in [5, 5.41) is 11.2. The number of halogens is 1. The first kappa shape index (κ1) is 25.3. The van der Waals surface area contributed by atoms with Gasteiger partial charge in [0, 0.05) is 17.2 Å². The second-order valence-corrected chi connectivity index (χ2v) is 9.18. The van der Waals surface area contributed by atoms with Crippen molar-refractivity contribution in [3.8, 4) is 11.5 Å². The number of nitro benzene ring substituents is 1. The van der Waals surface area contributed by atoms with Gasteiger partial charge in [-0.05, 0) is 65.7 Å². The van der Waals surface area contributed by atoms with Gasteiger partial charge in [-0.1, -0.05) is 41.9 Å². The molecule has 0 spiro atoms. The van der Waals surface area contributed by atoms with Gasteiger partial charge in [0.2, 0.25) is 0 Å². The number of ether oxygens (including phenoxy) is 2. The third kappa shape index (κ3) is 6.05. The zero-order valence-electron chi connectivity index (χ0n) is 19.2. The molecule has 1 heterocycles. The highest BCUT2D eigenvalue weighted by Gasteiger charge is 2.35. The number of nitrogens with zero attached hydrogens (tertiary/aromatic N) is 2. The largest absolute Gasteiger partial charge is 0.490 e. The first-order valence-corrected chi connectivity index (χ1v) is 12.2. The van der Waals surface area contributed by atoms with E-state index in [9.17, 15) is 19.7 Å². The predicted octanol–water partition coefficient (Wildman–Crippen LogP) is 6.46. The quantitative estimate of drug-likeness (QED) is 0.180. The number of carbonyl (C=O) groups excluding carboxylic acids is 2. The molecule has 0 bridgehead atoms. The number of thioether (sulfide) groups is 1. The molecule has 3 aromatic rings. The maximum atomic E-state index is 12.9. The van der Waals surface area contributed by atoms with Crippen molar-refractivity contribution < 1.29 is 24.0 Å². The number of rotatable bonds is 9. The van der Waals surface area contributed by atoms with Crippen LogP contribution < -0.4 is 9.47 Å². The lowest BCUT2D eigenvalue weighted by Gasteiger charge is -2.13. The average Bonchev–Trinajstić information content (AvgIpc) is 3.12. The Morgan fingerprint density at radius 1 is 1.00 bits per heavy atom. The minimum atomic E-state index is -0.457. The second kappa shape index (κ2) is 11.3. The van der Waals surface area contributed by atoms with Gasteiger partial charge in [-0.25, -0.2) is 0 Å². The predicted molar refractivity (Wildman–Crippen MR) is 138 cm³/mol. The number of imide groups is 1. The van der Waals surface area contributed by atoms with E-state index >= 15 is 0 Å². The molecular formula is C26H21ClN2O6S. The summed E-state index contributed by atoms with van der Waals surface area (Å²) in [5.41, 5.74) is 2.09. The third-order valence-corrected chi connectivity index (χ3v) is 6.37. The van der Waals surface area contributed by atoms with Gasteiger partial charge < -0.3 is 9.47 Å². The van der Waals surface area contributed by atoms with Crippen molar-refractivity contribution in [3.63, 3.8) is 0 Å². The van der Waals surface area contributed by atoms with Crippen LogP contribution in [0.25, 0.3) is 6.08 Å². The molecule has 0 N–H and O–H groups in total. The van der Waals surface area contributed by atoms with E-state index in [0.29, 0.717) is 39.2 Å². The van der Waals surface area contributed by atoms with Gasteiger partial charge in [0.1, 0.15) is 6.61 Å². The van der Waals surface area contributed by atoms with E-state index in [0.717, 1.165) is 17.3 Å². The zero-order valence-corrected chi connectivity index (χ0v) is 20.8. The minimum Gasteiger partial charge on any atom is -0.490 e. The van der Waals surface area contributed by atoms with Crippen LogP contribution in [0.15, 0.2) is 71.6 Å². The molecule has 0 unspecified atom stereocenters. The van der Waals surface area contributed by atoms with Crippen LogP contribution in [0.5, 0.6) is 11.5 Å². The van der Waals surface area contributed by atoms with Crippen LogP contribution >= 0.6 is 23.4 Å².